The Kier molecular flexibility index (Phi) is 8.64. The quantitative estimate of drug-likeness (QED) is 0.155. The highest BCUT2D eigenvalue weighted by atomic mass is 16.7. The Morgan fingerprint density at radius 2 is 1.64 bits per heavy atom. The van der Waals surface area contributed by atoms with Crippen molar-refractivity contribution in [3.05, 3.63) is 52.7 Å². The molecule has 4 rings (SSSR count). The summed E-state index contributed by atoms with van der Waals surface area (Å²) in [5, 5.41) is 12.3. The molecule has 0 aromatic carbocycles. The summed E-state index contributed by atoms with van der Waals surface area (Å²) in [4.78, 5) is 57.2. The molecule has 3 aromatic heterocycles. The maximum Gasteiger partial charge on any atom is 0.350 e. The maximum atomic E-state index is 11.9. The number of fused-ring (bicyclic) bond motifs is 1. The molecule has 0 spiro atoms. The molecule has 0 unspecified atom stereocenters. The van der Waals surface area contributed by atoms with Crippen molar-refractivity contribution in [2.75, 3.05) is 18.5 Å². The molecule has 1 aliphatic rings. The van der Waals surface area contributed by atoms with Gasteiger partial charge < -0.3 is 39.3 Å². The first-order chi connectivity index (χ1) is 18.4. The second-order valence-corrected chi connectivity index (χ2v) is 8.70. The van der Waals surface area contributed by atoms with Crippen molar-refractivity contribution in [2.24, 2.45) is 0 Å². The van der Waals surface area contributed by atoms with Gasteiger partial charge in [-0.1, -0.05) is 0 Å². The van der Waals surface area contributed by atoms with E-state index in [-0.39, 0.29) is 17.9 Å². The molecule has 0 radical (unpaired) electrons. The predicted octanol–water partition coefficient (Wildman–Crippen LogP) is 3.39. The van der Waals surface area contributed by atoms with E-state index in [1.165, 1.54) is 32.3 Å². The molecule has 0 atom stereocenters. The lowest BCUT2D eigenvalue weighted by Gasteiger charge is -2.29. The normalized spacial score (nSPS) is 14.1. The Labute approximate surface area is 223 Å². The summed E-state index contributed by atoms with van der Waals surface area (Å²) in [5.74, 6) is -3.77. The first-order valence-electron chi connectivity index (χ1n) is 12.0. The van der Waals surface area contributed by atoms with Crippen LogP contribution in [0, 0.1) is 13.8 Å². The molecule has 1 aliphatic heterocycles. The topological polar surface area (TPSA) is 182 Å². The summed E-state index contributed by atoms with van der Waals surface area (Å²) in [7, 11) is 0. The van der Waals surface area contributed by atoms with Gasteiger partial charge in [-0.25, -0.2) is 19.2 Å². The van der Waals surface area contributed by atoms with Crippen molar-refractivity contribution in [2.45, 2.75) is 47.3 Å². The van der Waals surface area contributed by atoms with Gasteiger partial charge in [-0.15, -0.1) is 0 Å². The van der Waals surface area contributed by atoms with Crippen LogP contribution >= 0.6 is 0 Å². The van der Waals surface area contributed by atoms with E-state index in [1.54, 1.807) is 27.7 Å². The number of esters is 4. The number of nitrogens with one attached hydrogen (secondary N) is 3. The Bertz CT molecular complexity index is 1430. The Morgan fingerprint density at radius 3 is 2.23 bits per heavy atom. The van der Waals surface area contributed by atoms with Crippen molar-refractivity contribution in [3.8, 4) is 5.75 Å². The molecule has 0 amide bonds. The maximum absolute atomic E-state index is 11.9. The van der Waals surface area contributed by atoms with Crippen molar-refractivity contribution in [1.82, 2.24) is 15.0 Å². The van der Waals surface area contributed by atoms with Gasteiger partial charge >= 0.3 is 23.9 Å². The van der Waals surface area contributed by atoms with Crippen LogP contribution in [0.3, 0.4) is 0 Å². The molecule has 39 heavy (non-hydrogen) atoms. The molecule has 1 fully saturated rings. The second-order valence-electron chi connectivity index (χ2n) is 8.70. The first kappa shape index (κ1) is 28.8. The number of nitrogens with zero attached hydrogens (tertiary/aromatic N) is 1. The zero-order valence-corrected chi connectivity index (χ0v) is 22.4. The monoisotopic (exact) mass is 542 g/mol. The fraction of sp³-hybridized carbons (Fsp3) is 0.346. The summed E-state index contributed by atoms with van der Waals surface area (Å²) >= 11 is 0. The van der Waals surface area contributed by atoms with Gasteiger partial charge in [0.2, 0.25) is 0 Å². The number of carbonyl (C=O) groups is 4. The fourth-order valence-corrected chi connectivity index (χ4v) is 3.68. The molecule has 3 aromatic rings. The smallest absolute Gasteiger partial charge is 0.350 e. The number of aromatic amines is 2. The van der Waals surface area contributed by atoms with Crippen LogP contribution in [0.2, 0.25) is 0 Å². The predicted molar refractivity (Wildman–Crippen MR) is 138 cm³/mol. The SMILES string of the molecule is CCOC(=O)c1c(C)[nH]c2c(O)ccnc12.CCOC(=O)c1c(NC=C2C(=O)OC(C)(C)OC2=O)c[nH]c1C. The molecule has 1 saturated heterocycles. The number of pyridine rings is 1. The van der Waals surface area contributed by atoms with Crippen LogP contribution in [-0.2, 0) is 28.5 Å². The van der Waals surface area contributed by atoms with Crippen LogP contribution in [-0.4, -0.2) is 62.9 Å². The lowest BCUT2D eigenvalue weighted by Crippen LogP contribution is -2.42. The largest absolute Gasteiger partial charge is 0.506 e. The molecular formula is C26H30N4O9. The van der Waals surface area contributed by atoms with Gasteiger partial charge in [-0.3, -0.25) is 4.98 Å². The van der Waals surface area contributed by atoms with Gasteiger partial charge in [0.15, 0.2) is 5.57 Å². The standard InChI is InChI=1S/C15H18N2O6.C11H12N2O3/c1-5-21-14(20)11-8(2)16-7-10(11)17-6-9-12(18)22-15(3,4)23-13(9)19;1-3-16-11(15)8-6(2)13-9-7(14)4-5-12-10(8)9/h6-7,16-17H,5H2,1-4H3;4-5,13H,3H2,1-2H3,(H,12,14). The first-order valence-corrected chi connectivity index (χ1v) is 12.0. The van der Waals surface area contributed by atoms with Gasteiger partial charge in [0.05, 0.1) is 18.9 Å². The second kappa shape index (κ2) is 11.7. The van der Waals surface area contributed by atoms with Crippen LogP contribution in [0.5, 0.6) is 5.75 Å². The number of hydrogen-bond acceptors (Lipinski definition) is 11. The van der Waals surface area contributed by atoms with Crippen molar-refractivity contribution in [3.63, 3.8) is 0 Å². The Hall–Kier alpha value is -4.81. The van der Waals surface area contributed by atoms with Gasteiger partial charge in [-0.05, 0) is 27.7 Å². The summed E-state index contributed by atoms with van der Waals surface area (Å²) in [5.41, 5.74) is 2.90. The number of aromatic nitrogens is 3. The van der Waals surface area contributed by atoms with Crippen LogP contribution < -0.4 is 5.32 Å². The third-order valence-electron chi connectivity index (χ3n) is 5.38. The molecule has 13 nitrogen and oxygen atoms in total. The van der Waals surface area contributed by atoms with Gasteiger partial charge in [-0.2, -0.15) is 0 Å². The minimum absolute atomic E-state index is 0.0728. The fourth-order valence-electron chi connectivity index (χ4n) is 3.68. The number of cyclic esters (lactones) is 2. The van der Waals surface area contributed by atoms with E-state index in [4.69, 9.17) is 18.9 Å². The zero-order valence-electron chi connectivity index (χ0n) is 22.4. The van der Waals surface area contributed by atoms with Crippen molar-refractivity contribution >= 4 is 40.6 Å². The van der Waals surface area contributed by atoms with Crippen LogP contribution in [0.4, 0.5) is 5.69 Å². The van der Waals surface area contributed by atoms with E-state index in [9.17, 15) is 24.3 Å². The van der Waals surface area contributed by atoms with E-state index < -0.39 is 29.7 Å². The number of H-pyrrole nitrogens is 2. The molecule has 208 valence electrons. The minimum Gasteiger partial charge on any atom is -0.506 e. The van der Waals surface area contributed by atoms with E-state index in [1.807, 2.05) is 0 Å². The van der Waals surface area contributed by atoms with E-state index in [0.717, 1.165) is 6.20 Å². The lowest BCUT2D eigenvalue weighted by molar-refractivity contribution is -0.222. The van der Waals surface area contributed by atoms with Crippen molar-refractivity contribution < 1.29 is 43.2 Å². The average molecular weight is 543 g/mol. The molecule has 0 bridgehead atoms. The van der Waals surface area contributed by atoms with Crippen molar-refractivity contribution in [1.29, 1.82) is 0 Å². The number of aryl methyl sites for hydroxylation is 2. The molecule has 0 aliphatic carbocycles. The molecule has 13 heteroatoms. The van der Waals surface area contributed by atoms with E-state index in [0.29, 0.717) is 45.8 Å². The van der Waals surface area contributed by atoms with Crippen LogP contribution in [0.1, 0.15) is 59.8 Å². The molecule has 4 heterocycles. The molecule has 0 saturated carbocycles. The third-order valence-corrected chi connectivity index (χ3v) is 5.38. The number of rotatable bonds is 6. The van der Waals surface area contributed by atoms with Gasteiger partial charge in [0.1, 0.15) is 27.9 Å². The number of carbonyl (C=O) groups excluding carboxylic acids is 4. The highest BCUT2D eigenvalue weighted by Gasteiger charge is 2.39. The lowest BCUT2D eigenvalue weighted by atomic mass is 10.2. The minimum atomic E-state index is -1.30. The summed E-state index contributed by atoms with van der Waals surface area (Å²) in [6.45, 7) is 10.4. The molecule has 4 N–H and O–H groups in total. The summed E-state index contributed by atoms with van der Waals surface area (Å²) in [6.07, 6.45) is 4.13. The highest BCUT2D eigenvalue weighted by molar-refractivity contribution is 6.15. The zero-order chi connectivity index (χ0) is 28.9. The van der Waals surface area contributed by atoms with Gasteiger partial charge in [0.25, 0.3) is 5.79 Å². The number of hydrogen-bond donors (Lipinski definition) is 4. The van der Waals surface area contributed by atoms with E-state index in [2.05, 4.69) is 20.3 Å². The van der Waals surface area contributed by atoms with Crippen LogP contribution in [0.25, 0.3) is 11.0 Å². The van der Waals surface area contributed by atoms with E-state index >= 15 is 0 Å². The van der Waals surface area contributed by atoms with Crippen LogP contribution in [0.15, 0.2) is 30.2 Å². The van der Waals surface area contributed by atoms with Gasteiger partial charge in [0, 0.05) is 49.9 Å². The average Bonchev–Trinajstić information content (AvgIpc) is 3.38. The number of aromatic hydroxyl groups is 1. The Morgan fingerprint density at radius 1 is 1.05 bits per heavy atom. The Balaban J connectivity index is 0.000000230. The molecular weight excluding hydrogens is 512 g/mol. The number of ether oxygens (including phenoxy) is 4. The third kappa shape index (κ3) is 6.37. The highest BCUT2D eigenvalue weighted by Crippen LogP contribution is 2.27. The summed E-state index contributed by atoms with van der Waals surface area (Å²) < 4.78 is 19.9. The summed E-state index contributed by atoms with van der Waals surface area (Å²) in [6, 6.07) is 1.47. The number of anilines is 1.